The zero-order valence-electron chi connectivity index (χ0n) is 16.5. The summed E-state index contributed by atoms with van der Waals surface area (Å²) in [6, 6.07) is 6.32. The molecular weight excluding hydrogens is 438 g/mol. The average molecular weight is 470 g/mol. The van der Waals surface area contributed by atoms with E-state index in [4.69, 9.17) is 33.3 Å². The highest BCUT2D eigenvalue weighted by Crippen LogP contribution is 2.38. The minimum Gasteiger partial charge on any atom is -0.481 e. The largest absolute Gasteiger partial charge is 0.481 e. The molecule has 2 fully saturated rings. The maximum atomic E-state index is 8.34. The first-order chi connectivity index (χ1) is 12.6. The maximum Gasteiger partial charge on any atom is 0.188 e. The second kappa shape index (κ2) is 12.4. The third kappa shape index (κ3) is 7.48. The highest BCUT2D eigenvalue weighted by molar-refractivity contribution is 6.31. The fraction of sp³-hybridized carbons (Fsp3) is 0.667. The number of hydrogen-bond donors (Lipinski definition) is 1. The Bertz CT molecular complexity index is 606. The quantitative estimate of drug-likeness (QED) is 0.216. The summed E-state index contributed by atoms with van der Waals surface area (Å²) in [4.78, 5) is 2.54. The Kier molecular flexibility index (Phi) is 11.3. The van der Waals surface area contributed by atoms with Crippen molar-refractivity contribution in [2.24, 2.45) is 11.8 Å². The molecule has 7 heteroatoms. The van der Waals surface area contributed by atoms with Gasteiger partial charge in [-0.3, -0.25) is 5.41 Å². The molecule has 0 saturated heterocycles. The number of hydrogen-bond acceptors (Lipinski definition) is 3. The number of rotatable bonds is 11. The molecule has 1 aromatic rings. The van der Waals surface area contributed by atoms with E-state index < -0.39 is 0 Å². The van der Waals surface area contributed by atoms with Crippen molar-refractivity contribution in [3.05, 3.63) is 28.8 Å². The van der Waals surface area contributed by atoms with Crippen LogP contribution in [0.2, 0.25) is 5.02 Å². The molecule has 0 heterocycles. The van der Waals surface area contributed by atoms with Gasteiger partial charge in [0.15, 0.2) is 5.90 Å². The molecule has 0 bridgehead atoms. The van der Waals surface area contributed by atoms with Gasteiger partial charge >= 0.3 is 0 Å². The van der Waals surface area contributed by atoms with Gasteiger partial charge in [0.25, 0.3) is 0 Å². The molecule has 1 atom stereocenters. The van der Waals surface area contributed by atoms with Gasteiger partial charge < -0.3 is 9.64 Å². The number of alkyl halides is 1. The molecule has 0 spiro atoms. The lowest BCUT2D eigenvalue weighted by molar-refractivity contribution is 0.305. The number of benzene rings is 1. The number of nitrogens with one attached hydrogen (secondary N) is 1. The van der Waals surface area contributed by atoms with Crippen molar-refractivity contribution in [2.75, 3.05) is 30.5 Å². The molecule has 2 aliphatic rings. The first-order valence-electron chi connectivity index (χ1n) is 9.94. The molecule has 28 heavy (non-hydrogen) atoms. The lowest BCUT2D eigenvalue weighted by Crippen LogP contribution is -2.28. The summed E-state index contributed by atoms with van der Waals surface area (Å²) in [5.74, 6) is 2.46. The molecule has 2 saturated carbocycles. The Morgan fingerprint density at radius 2 is 1.79 bits per heavy atom. The molecule has 3 nitrogen and oxygen atoms in total. The van der Waals surface area contributed by atoms with Gasteiger partial charge in [0, 0.05) is 29.7 Å². The molecule has 0 amide bonds. The Hall–Kier alpha value is -0.350. The smallest absolute Gasteiger partial charge is 0.188 e. The molecule has 1 unspecified atom stereocenters. The van der Waals surface area contributed by atoms with Gasteiger partial charge in [-0.15, -0.1) is 36.4 Å². The predicted molar refractivity (Wildman–Crippen MR) is 126 cm³/mol. The number of nitrogens with zero attached hydrogens (tertiary/aromatic N) is 1. The maximum absolute atomic E-state index is 8.34. The third-order valence-electron chi connectivity index (χ3n) is 5.31. The minimum atomic E-state index is -0.121. The van der Waals surface area contributed by atoms with Gasteiger partial charge in [0.2, 0.25) is 0 Å². The van der Waals surface area contributed by atoms with Gasteiger partial charge in [-0.25, -0.2) is 0 Å². The summed E-state index contributed by atoms with van der Waals surface area (Å²) in [7, 11) is 0. The van der Waals surface area contributed by atoms with Crippen LogP contribution in [0.4, 0.5) is 5.69 Å². The summed E-state index contributed by atoms with van der Waals surface area (Å²) < 4.78 is 5.53. The van der Waals surface area contributed by atoms with Crippen LogP contribution in [0.3, 0.4) is 0 Å². The first kappa shape index (κ1) is 25.7. The second-order valence-corrected chi connectivity index (χ2v) is 8.46. The van der Waals surface area contributed by atoms with Crippen LogP contribution in [0, 0.1) is 17.2 Å². The van der Waals surface area contributed by atoms with Crippen molar-refractivity contribution in [3.8, 4) is 0 Å². The summed E-state index contributed by atoms with van der Waals surface area (Å²) in [5, 5.41) is 9.06. The van der Waals surface area contributed by atoms with E-state index in [1.54, 1.807) is 0 Å². The van der Waals surface area contributed by atoms with E-state index >= 15 is 0 Å². The lowest BCUT2D eigenvalue weighted by atomic mass is 9.93. The van der Waals surface area contributed by atoms with Gasteiger partial charge in [-0.1, -0.05) is 11.6 Å². The first-order valence-corrected chi connectivity index (χ1v) is 10.8. The van der Waals surface area contributed by atoms with Crippen LogP contribution in [0.25, 0.3) is 0 Å². The van der Waals surface area contributed by atoms with Crippen LogP contribution in [0.15, 0.2) is 18.2 Å². The highest BCUT2D eigenvalue weighted by Gasteiger charge is 2.30. The number of ether oxygens (including phenoxy) is 1. The molecule has 2 aliphatic carbocycles. The van der Waals surface area contributed by atoms with Gasteiger partial charge in [-0.2, -0.15) is 0 Å². The summed E-state index contributed by atoms with van der Waals surface area (Å²) in [5.41, 5.74) is 2.24. The van der Waals surface area contributed by atoms with Crippen LogP contribution in [-0.2, 0) is 4.74 Å². The minimum absolute atomic E-state index is 0. The fourth-order valence-electron chi connectivity index (χ4n) is 3.47. The van der Waals surface area contributed by atoms with E-state index in [9.17, 15) is 0 Å². The van der Waals surface area contributed by atoms with Crippen molar-refractivity contribution in [2.45, 2.75) is 51.4 Å². The average Bonchev–Trinajstić information content (AvgIpc) is 3.53. The molecular formula is C21H32Cl4N2O. The van der Waals surface area contributed by atoms with E-state index in [0.29, 0.717) is 18.4 Å². The predicted octanol–water partition coefficient (Wildman–Crippen LogP) is 6.93. The van der Waals surface area contributed by atoms with E-state index in [0.717, 1.165) is 48.4 Å². The van der Waals surface area contributed by atoms with Crippen molar-refractivity contribution in [1.82, 2.24) is 0 Å². The lowest BCUT2D eigenvalue weighted by Gasteiger charge is -2.27. The Morgan fingerprint density at radius 3 is 2.29 bits per heavy atom. The van der Waals surface area contributed by atoms with Gasteiger partial charge in [-0.05, 0) is 81.0 Å². The van der Waals surface area contributed by atoms with E-state index in [1.807, 2.05) is 13.0 Å². The summed E-state index contributed by atoms with van der Waals surface area (Å²) in [6.45, 7) is 4.71. The summed E-state index contributed by atoms with van der Waals surface area (Å²) in [6.07, 6.45) is 7.06. The van der Waals surface area contributed by atoms with Crippen LogP contribution in [-0.4, -0.2) is 31.5 Å². The normalized spacial score (nSPS) is 16.5. The molecule has 0 aromatic heterocycles. The standard InChI is InChI=1S/C21H30Cl2N2O.2ClH/c1-2-26-21(24)18(4-3-11-22)19-12-17(9-10-20(19)23)25(13-15-5-6-15)14-16-7-8-16;;/h9-10,12,15-16,18,24H,2-8,11,13-14H2,1H3;2*1H. The van der Waals surface area contributed by atoms with Crippen molar-refractivity contribution >= 4 is 59.6 Å². The van der Waals surface area contributed by atoms with Crippen LogP contribution in [0.5, 0.6) is 0 Å². The SMILES string of the molecule is CCOC(=N)C(CCCCl)c1cc(N(CC2CC2)CC2CC2)ccc1Cl.Cl.Cl. The zero-order valence-corrected chi connectivity index (χ0v) is 19.6. The fourth-order valence-corrected chi connectivity index (χ4v) is 3.87. The van der Waals surface area contributed by atoms with Gasteiger partial charge in [0.1, 0.15) is 0 Å². The summed E-state index contributed by atoms with van der Waals surface area (Å²) >= 11 is 12.5. The number of halogens is 4. The Balaban J connectivity index is 0.00000196. The molecule has 160 valence electrons. The molecule has 0 radical (unpaired) electrons. The molecule has 1 aromatic carbocycles. The monoisotopic (exact) mass is 468 g/mol. The molecule has 3 rings (SSSR count). The zero-order chi connectivity index (χ0) is 18.5. The van der Waals surface area contributed by atoms with Crippen LogP contribution < -0.4 is 4.90 Å². The van der Waals surface area contributed by atoms with Crippen molar-refractivity contribution < 1.29 is 4.74 Å². The van der Waals surface area contributed by atoms with E-state index in [-0.39, 0.29) is 30.7 Å². The molecule has 1 N–H and O–H groups in total. The Labute approximate surface area is 191 Å². The van der Waals surface area contributed by atoms with Gasteiger partial charge in [0.05, 0.1) is 12.5 Å². The Morgan fingerprint density at radius 1 is 1.18 bits per heavy atom. The van der Waals surface area contributed by atoms with Crippen molar-refractivity contribution in [1.29, 1.82) is 5.41 Å². The highest BCUT2D eigenvalue weighted by atomic mass is 35.5. The van der Waals surface area contributed by atoms with Crippen molar-refractivity contribution in [3.63, 3.8) is 0 Å². The second-order valence-electron chi connectivity index (χ2n) is 7.68. The van der Waals surface area contributed by atoms with Crippen LogP contribution in [0.1, 0.15) is 56.9 Å². The molecule has 0 aliphatic heterocycles. The number of anilines is 1. The topological polar surface area (TPSA) is 36.3 Å². The third-order valence-corrected chi connectivity index (χ3v) is 5.93. The van der Waals surface area contributed by atoms with E-state index in [2.05, 4.69) is 17.0 Å². The van der Waals surface area contributed by atoms with E-state index in [1.165, 1.54) is 31.4 Å². The van der Waals surface area contributed by atoms with Crippen LogP contribution >= 0.6 is 48.0 Å².